The molecule has 1 aliphatic rings. The third kappa shape index (κ3) is 3.30. The Balaban J connectivity index is 1.93. The van der Waals surface area contributed by atoms with Gasteiger partial charge in [-0.25, -0.2) is 0 Å². The van der Waals surface area contributed by atoms with Crippen LogP contribution in [-0.2, 0) is 4.74 Å². The number of hydrazone groups is 1. The van der Waals surface area contributed by atoms with E-state index in [9.17, 15) is 0 Å². The third-order valence-corrected chi connectivity index (χ3v) is 2.66. The summed E-state index contributed by atoms with van der Waals surface area (Å²) in [7, 11) is 0. The number of nitrogens with two attached hydrogens (primary N) is 1. The first kappa shape index (κ1) is 12.6. The van der Waals surface area contributed by atoms with E-state index in [1.807, 2.05) is 12.1 Å². The van der Waals surface area contributed by atoms with E-state index in [0.717, 1.165) is 17.7 Å². The molecule has 5 heteroatoms. The molecule has 0 saturated heterocycles. The summed E-state index contributed by atoms with van der Waals surface area (Å²) in [5.41, 5.74) is 10.1. The number of aryl methyl sites for hydroxylation is 1. The van der Waals surface area contributed by atoms with Gasteiger partial charge in [-0.3, -0.25) is 5.43 Å². The van der Waals surface area contributed by atoms with Gasteiger partial charge in [0.25, 0.3) is 0 Å². The zero-order valence-corrected chi connectivity index (χ0v) is 10.9. The van der Waals surface area contributed by atoms with Crippen LogP contribution in [0.1, 0.15) is 17.5 Å². The van der Waals surface area contributed by atoms with Gasteiger partial charge in [-0.15, -0.1) is 0 Å². The lowest BCUT2D eigenvalue weighted by atomic mass is 10.1. The summed E-state index contributed by atoms with van der Waals surface area (Å²) in [5.74, 6) is 0.891. The molecule has 0 saturated carbocycles. The van der Waals surface area contributed by atoms with Crippen molar-refractivity contribution in [2.75, 3.05) is 0 Å². The van der Waals surface area contributed by atoms with Gasteiger partial charge in [0.05, 0.1) is 6.21 Å². The minimum Gasteiger partial charge on any atom is -0.484 e. The Bertz CT molecular complexity index is 493. The zero-order chi connectivity index (χ0) is 13.0. The van der Waals surface area contributed by atoms with Crippen molar-refractivity contribution in [2.24, 2.45) is 10.8 Å². The number of benzene rings is 1. The van der Waals surface area contributed by atoms with Crippen molar-refractivity contribution in [3.63, 3.8) is 0 Å². The largest absolute Gasteiger partial charge is 0.484 e. The molecular weight excluding hydrogens is 246 g/mol. The van der Waals surface area contributed by atoms with Gasteiger partial charge in [-0.2, -0.15) is 5.10 Å². The second-order valence-electron chi connectivity index (χ2n) is 4.08. The molecule has 1 heterocycles. The van der Waals surface area contributed by atoms with Crippen molar-refractivity contribution in [1.29, 1.82) is 0 Å². The minimum absolute atomic E-state index is 0.0665. The molecule has 0 radical (unpaired) electrons. The molecular formula is C13H15N3OS. The molecule has 0 amide bonds. The molecule has 0 bridgehead atoms. The zero-order valence-electron chi connectivity index (χ0n) is 10.1. The Morgan fingerprint density at radius 1 is 1.50 bits per heavy atom. The summed E-state index contributed by atoms with van der Waals surface area (Å²) in [4.78, 5) is 0. The van der Waals surface area contributed by atoms with Crippen LogP contribution in [0, 0.1) is 6.92 Å². The number of hydrogen-bond donors (Lipinski definition) is 2. The Morgan fingerprint density at radius 2 is 2.22 bits per heavy atom. The minimum atomic E-state index is -0.0665. The fraction of sp³-hybridized carbons (Fsp3) is 0.231. The maximum Gasteiger partial charge on any atom is 0.184 e. The molecule has 1 unspecified atom stereocenters. The Labute approximate surface area is 112 Å². The molecule has 0 aliphatic carbocycles. The van der Waals surface area contributed by atoms with Gasteiger partial charge in [0.1, 0.15) is 11.9 Å². The number of rotatable bonds is 3. The van der Waals surface area contributed by atoms with E-state index < -0.39 is 0 Å². The maximum absolute atomic E-state index is 5.76. The number of nitrogens with zero attached hydrogens (tertiary/aromatic N) is 1. The van der Waals surface area contributed by atoms with E-state index in [1.165, 1.54) is 5.56 Å². The third-order valence-electron chi connectivity index (χ3n) is 2.57. The van der Waals surface area contributed by atoms with Crippen molar-refractivity contribution in [3.8, 4) is 0 Å². The summed E-state index contributed by atoms with van der Waals surface area (Å²) in [6, 6.07) is 8.23. The van der Waals surface area contributed by atoms with Gasteiger partial charge in [0.15, 0.2) is 5.11 Å². The fourth-order valence-corrected chi connectivity index (χ4v) is 1.71. The summed E-state index contributed by atoms with van der Waals surface area (Å²) in [6.45, 7) is 2.06. The molecule has 4 nitrogen and oxygen atoms in total. The van der Waals surface area contributed by atoms with Crippen LogP contribution in [0.2, 0.25) is 0 Å². The smallest absolute Gasteiger partial charge is 0.184 e. The first-order valence-corrected chi connectivity index (χ1v) is 6.08. The van der Waals surface area contributed by atoms with Crippen LogP contribution in [0.3, 0.4) is 0 Å². The van der Waals surface area contributed by atoms with Crippen LogP contribution in [0.15, 0.2) is 35.4 Å². The molecule has 1 aromatic carbocycles. The van der Waals surface area contributed by atoms with E-state index in [2.05, 4.69) is 47.9 Å². The van der Waals surface area contributed by atoms with E-state index in [1.54, 1.807) is 6.21 Å². The van der Waals surface area contributed by atoms with E-state index in [0.29, 0.717) is 0 Å². The fourth-order valence-electron chi connectivity index (χ4n) is 1.66. The van der Waals surface area contributed by atoms with E-state index in [4.69, 9.17) is 10.5 Å². The summed E-state index contributed by atoms with van der Waals surface area (Å²) in [5, 5.41) is 4.04. The predicted octanol–water partition coefficient (Wildman–Crippen LogP) is 1.94. The van der Waals surface area contributed by atoms with Crippen molar-refractivity contribution in [3.05, 3.63) is 41.5 Å². The highest BCUT2D eigenvalue weighted by Crippen LogP contribution is 2.25. The average molecular weight is 261 g/mol. The van der Waals surface area contributed by atoms with Crippen LogP contribution >= 0.6 is 12.2 Å². The van der Waals surface area contributed by atoms with Gasteiger partial charge in [0, 0.05) is 12.0 Å². The molecule has 3 N–H and O–H groups in total. The molecule has 1 atom stereocenters. The van der Waals surface area contributed by atoms with Crippen molar-refractivity contribution in [1.82, 2.24) is 5.43 Å². The lowest BCUT2D eigenvalue weighted by Crippen LogP contribution is -2.25. The van der Waals surface area contributed by atoms with Crippen LogP contribution in [-0.4, -0.2) is 17.4 Å². The SMILES string of the molecule is Cc1ccc(C2=CCC(/C=N/NC(N)=S)O2)cc1. The molecule has 0 aromatic heterocycles. The monoisotopic (exact) mass is 261 g/mol. The first-order valence-electron chi connectivity index (χ1n) is 5.67. The van der Waals surface area contributed by atoms with Crippen LogP contribution < -0.4 is 11.2 Å². The molecule has 1 aliphatic heterocycles. The molecule has 2 rings (SSSR count). The summed E-state index contributed by atoms with van der Waals surface area (Å²) >= 11 is 4.65. The van der Waals surface area contributed by atoms with Gasteiger partial charge < -0.3 is 10.5 Å². The van der Waals surface area contributed by atoms with Gasteiger partial charge >= 0.3 is 0 Å². The van der Waals surface area contributed by atoms with E-state index in [-0.39, 0.29) is 11.2 Å². The lowest BCUT2D eigenvalue weighted by molar-refractivity contribution is 0.258. The van der Waals surface area contributed by atoms with E-state index >= 15 is 0 Å². The molecule has 94 valence electrons. The number of thiocarbonyl (C=S) groups is 1. The predicted molar refractivity (Wildman–Crippen MR) is 77.1 cm³/mol. The second kappa shape index (κ2) is 5.64. The standard InChI is InChI=1S/C13H15N3OS/c1-9-2-4-10(5-3-9)12-7-6-11(17-12)8-15-16-13(14)18/h2-5,7-8,11H,6H2,1H3,(H3,14,16,18)/b15-8+. The van der Waals surface area contributed by atoms with Crippen molar-refractivity contribution < 1.29 is 4.74 Å². The normalized spacial score (nSPS) is 18.5. The number of hydrogen-bond acceptors (Lipinski definition) is 3. The lowest BCUT2D eigenvalue weighted by Gasteiger charge is -2.09. The molecule has 18 heavy (non-hydrogen) atoms. The highest BCUT2D eigenvalue weighted by Gasteiger charge is 2.17. The molecule has 1 aromatic rings. The quantitative estimate of drug-likeness (QED) is 0.496. The Kier molecular flexibility index (Phi) is 3.94. The Hall–Kier alpha value is -1.88. The van der Waals surface area contributed by atoms with Crippen molar-refractivity contribution in [2.45, 2.75) is 19.4 Å². The summed E-state index contributed by atoms with van der Waals surface area (Å²) < 4.78 is 5.76. The number of ether oxygens (including phenoxy) is 1. The van der Waals surface area contributed by atoms with Gasteiger partial charge in [-0.1, -0.05) is 29.8 Å². The molecule has 0 spiro atoms. The van der Waals surface area contributed by atoms with Crippen LogP contribution in [0.5, 0.6) is 0 Å². The number of nitrogens with one attached hydrogen (secondary N) is 1. The summed E-state index contributed by atoms with van der Waals surface area (Å²) in [6.07, 6.45) is 4.45. The van der Waals surface area contributed by atoms with Gasteiger partial charge in [-0.05, 0) is 25.2 Å². The molecule has 0 fully saturated rings. The average Bonchev–Trinajstić information content (AvgIpc) is 2.78. The van der Waals surface area contributed by atoms with Crippen LogP contribution in [0.25, 0.3) is 5.76 Å². The van der Waals surface area contributed by atoms with Crippen LogP contribution in [0.4, 0.5) is 0 Å². The Morgan fingerprint density at radius 3 is 2.89 bits per heavy atom. The highest BCUT2D eigenvalue weighted by molar-refractivity contribution is 7.80. The van der Waals surface area contributed by atoms with Gasteiger partial charge in [0.2, 0.25) is 0 Å². The first-order chi connectivity index (χ1) is 8.65. The van der Waals surface area contributed by atoms with Crippen molar-refractivity contribution >= 4 is 29.3 Å². The second-order valence-corrected chi connectivity index (χ2v) is 4.52. The maximum atomic E-state index is 5.76. The topological polar surface area (TPSA) is 59.6 Å². The highest BCUT2D eigenvalue weighted by atomic mass is 32.1.